The first-order valence-electron chi connectivity index (χ1n) is 4.88. The zero-order valence-corrected chi connectivity index (χ0v) is 8.93. The number of nitrogens with one attached hydrogen (secondary N) is 1. The van der Waals surface area contributed by atoms with Gasteiger partial charge in [0, 0.05) is 11.3 Å². The van der Waals surface area contributed by atoms with Crippen molar-refractivity contribution in [2.45, 2.75) is 13.0 Å². The van der Waals surface area contributed by atoms with Crippen LogP contribution in [-0.2, 0) is 4.79 Å². The molecule has 1 aromatic carbocycles. The average molecular weight is 222 g/mol. The Kier molecular flexibility index (Phi) is 4.02. The number of ketones is 1. The number of hydrogen-bond donors (Lipinski definition) is 3. The Morgan fingerprint density at radius 2 is 2.06 bits per heavy atom. The molecule has 0 spiro atoms. The first kappa shape index (κ1) is 12.2. The number of carbonyl (C=O) groups is 2. The average Bonchev–Trinajstić information content (AvgIpc) is 2.28. The molecule has 16 heavy (non-hydrogen) atoms. The summed E-state index contributed by atoms with van der Waals surface area (Å²) in [6.07, 6.45) is 0. The number of benzene rings is 1. The molecule has 1 rings (SSSR count). The van der Waals surface area contributed by atoms with Crippen LogP contribution < -0.4 is 11.1 Å². The van der Waals surface area contributed by atoms with Crippen molar-refractivity contribution in [1.29, 1.82) is 0 Å². The van der Waals surface area contributed by atoms with Gasteiger partial charge < -0.3 is 16.2 Å². The Bertz CT molecular complexity index is 404. The van der Waals surface area contributed by atoms with E-state index < -0.39 is 12.0 Å². The van der Waals surface area contributed by atoms with Crippen LogP contribution in [0.25, 0.3) is 0 Å². The van der Waals surface area contributed by atoms with Crippen molar-refractivity contribution in [2.24, 2.45) is 5.73 Å². The minimum atomic E-state index is -0.977. The molecule has 5 nitrogen and oxygen atoms in total. The van der Waals surface area contributed by atoms with Crippen molar-refractivity contribution in [3.05, 3.63) is 29.8 Å². The van der Waals surface area contributed by atoms with Gasteiger partial charge in [-0.15, -0.1) is 0 Å². The highest BCUT2D eigenvalue weighted by molar-refractivity contribution is 6.02. The van der Waals surface area contributed by atoms with Gasteiger partial charge in [0.2, 0.25) is 0 Å². The van der Waals surface area contributed by atoms with Crippen molar-refractivity contribution in [3.8, 4) is 0 Å². The minimum Gasteiger partial charge on any atom is -0.480 e. The van der Waals surface area contributed by atoms with E-state index in [-0.39, 0.29) is 12.3 Å². The smallest absolute Gasteiger partial charge is 0.325 e. The molecule has 0 aromatic heterocycles. The molecule has 0 saturated carbocycles. The second-order valence-electron chi connectivity index (χ2n) is 3.38. The monoisotopic (exact) mass is 222 g/mol. The number of anilines is 1. The summed E-state index contributed by atoms with van der Waals surface area (Å²) in [5.41, 5.74) is 6.18. The molecular formula is C11H14N2O3. The minimum absolute atomic E-state index is 0.0971. The van der Waals surface area contributed by atoms with E-state index >= 15 is 0 Å². The summed E-state index contributed by atoms with van der Waals surface area (Å²) in [4.78, 5) is 22.2. The van der Waals surface area contributed by atoms with Crippen LogP contribution in [0.1, 0.15) is 17.3 Å². The van der Waals surface area contributed by atoms with Gasteiger partial charge in [0.15, 0.2) is 5.78 Å². The molecule has 0 fully saturated rings. The standard InChI is InChI=1S/C11H14N2O3/c1-7(11(15)16)13-9-5-3-2-4-8(9)10(14)6-12/h2-5,7,13H,6,12H2,1H3,(H,15,16). The van der Waals surface area contributed by atoms with E-state index in [2.05, 4.69) is 5.32 Å². The Morgan fingerprint density at radius 3 is 2.62 bits per heavy atom. The number of Topliss-reactive ketones (excluding diaryl/α,β-unsaturated/α-hetero) is 1. The van der Waals surface area contributed by atoms with E-state index in [1.807, 2.05) is 0 Å². The SMILES string of the molecule is CC(Nc1ccccc1C(=O)CN)C(=O)O. The number of rotatable bonds is 5. The van der Waals surface area contributed by atoms with E-state index in [4.69, 9.17) is 10.8 Å². The van der Waals surface area contributed by atoms with E-state index in [9.17, 15) is 9.59 Å². The highest BCUT2D eigenvalue weighted by atomic mass is 16.4. The lowest BCUT2D eigenvalue weighted by atomic mass is 10.1. The molecule has 4 N–H and O–H groups in total. The molecule has 0 radical (unpaired) electrons. The Balaban J connectivity index is 2.95. The lowest BCUT2D eigenvalue weighted by molar-refractivity contribution is -0.137. The molecule has 0 aliphatic rings. The molecule has 0 bridgehead atoms. The highest BCUT2D eigenvalue weighted by Crippen LogP contribution is 2.16. The number of nitrogens with two attached hydrogens (primary N) is 1. The zero-order chi connectivity index (χ0) is 12.1. The zero-order valence-electron chi connectivity index (χ0n) is 8.93. The van der Waals surface area contributed by atoms with E-state index in [0.717, 1.165) is 0 Å². The van der Waals surface area contributed by atoms with Crippen LogP contribution in [0.4, 0.5) is 5.69 Å². The molecule has 0 saturated heterocycles. The van der Waals surface area contributed by atoms with Crippen LogP contribution in [0, 0.1) is 0 Å². The van der Waals surface area contributed by atoms with Crippen molar-refractivity contribution in [3.63, 3.8) is 0 Å². The first-order valence-corrected chi connectivity index (χ1v) is 4.88. The van der Waals surface area contributed by atoms with Crippen molar-refractivity contribution < 1.29 is 14.7 Å². The molecule has 0 amide bonds. The number of hydrogen-bond acceptors (Lipinski definition) is 4. The molecule has 0 heterocycles. The number of carboxylic acid groups (broad SMARTS) is 1. The van der Waals surface area contributed by atoms with Crippen molar-refractivity contribution in [1.82, 2.24) is 0 Å². The second-order valence-corrected chi connectivity index (χ2v) is 3.38. The lowest BCUT2D eigenvalue weighted by Gasteiger charge is -2.13. The number of carbonyl (C=O) groups excluding carboxylic acids is 1. The van der Waals surface area contributed by atoms with E-state index in [0.29, 0.717) is 11.3 Å². The quantitative estimate of drug-likeness (QED) is 0.638. The second kappa shape index (κ2) is 5.27. The summed E-state index contributed by atoms with van der Waals surface area (Å²) in [6, 6.07) is 5.95. The topological polar surface area (TPSA) is 92.4 Å². The number of para-hydroxylation sites is 1. The molecular weight excluding hydrogens is 208 g/mol. The van der Waals surface area contributed by atoms with Crippen LogP contribution >= 0.6 is 0 Å². The van der Waals surface area contributed by atoms with E-state index in [1.54, 1.807) is 24.3 Å². The van der Waals surface area contributed by atoms with Gasteiger partial charge in [-0.3, -0.25) is 9.59 Å². The van der Waals surface area contributed by atoms with Crippen molar-refractivity contribution in [2.75, 3.05) is 11.9 Å². The lowest BCUT2D eigenvalue weighted by Crippen LogP contribution is -2.27. The van der Waals surface area contributed by atoms with Crippen LogP contribution in [0.15, 0.2) is 24.3 Å². The summed E-state index contributed by atoms with van der Waals surface area (Å²) in [6.45, 7) is 1.41. The van der Waals surface area contributed by atoms with Gasteiger partial charge in [-0.1, -0.05) is 12.1 Å². The van der Waals surface area contributed by atoms with Crippen LogP contribution in [0.3, 0.4) is 0 Å². The molecule has 1 unspecified atom stereocenters. The molecule has 0 aliphatic carbocycles. The number of carboxylic acids is 1. The Labute approximate surface area is 93.3 Å². The predicted octanol–water partition coefficient (Wildman–Crippen LogP) is 0.713. The summed E-state index contributed by atoms with van der Waals surface area (Å²) in [5.74, 6) is -1.20. The van der Waals surface area contributed by atoms with Crippen LogP contribution in [0.5, 0.6) is 0 Å². The third kappa shape index (κ3) is 2.80. The number of aliphatic carboxylic acids is 1. The summed E-state index contributed by atoms with van der Waals surface area (Å²) < 4.78 is 0. The fraction of sp³-hybridized carbons (Fsp3) is 0.273. The van der Waals surface area contributed by atoms with Gasteiger partial charge in [0.25, 0.3) is 0 Å². The van der Waals surface area contributed by atoms with Crippen LogP contribution in [0.2, 0.25) is 0 Å². The van der Waals surface area contributed by atoms with Gasteiger partial charge in [-0.2, -0.15) is 0 Å². The molecule has 1 aromatic rings. The van der Waals surface area contributed by atoms with E-state index in [1.165, 1.54) is 6.92 Å². The third-order valence-corrected chi connectivity index (χ3v) is 2.16. The molecule has 5 heteroatoms. The fourth-order valence-electron chi connectivity index (χ4n) is 1.26. The molecule has 0 aliphatic heterocycles. The predicted molar refractivity (Wildman–Crippen MR) is 60.5 cm³/mol. The Morgan fingerprint density at radius 1 is 1.44 bits per heavy atom. The maximum Gasteiger partial charge on any atom is 0.325 e. The molecule has 86 valence electrons. The van der Waals surface area contributed by atoms with Gasteiger partial charge in [-0.25, -0.2) is 0 Å². The van der Waals surface area contributed by atoms with Gasteiger partial charge in [0.1, 0.15) is 6.04 Å². The van der Waals surface area contributed by atoms with Gasteiger partial charge >= 0.3 is 5.97 Å². The third-order valence-electron chi connectivity index (χ3n) is 2.16. The summed E-state index contributed by atoms with van der Waals surface area (Å²) >= 11 is 0. The fourth-order valence-corrected chi connectivity index (χ4v) is 1.26. The Hall–Kier alpha value is -1.88. The van der Waals surface area contributed by atoms with Crippen molar-refractivity contribution >= 4 is 17.4 Å². The normalized spacial score (nSPS) is 11.9. The summed E-state index contributed by atoms with van der Waals surface area (Å²) in [7, 11) is 0. The summed E-state index contributed by atoms with van der Waals surface area (Å²) in [5, 5.41) is 11.5. The maximum atomic E-state index is 11.5. The first-order chi connectivity index (χ1) is 7.56. The van der Waals surface area contributed by atoms with Crippen LogP contribution in [-0.4, -0.2) is 29.4 Å². The highest BCUT2D eigenvalue weighted by Gasteiger charge is 2.14. The van der Waals surface area contributed by atoms with Gasteiger partial charge in [-0.05, 0) is 19.1 Å². The largest absolute Gasteiger partial charge is 0.480 e. The maximum absolute atomic E-state index is 11.5. The van der Waals surface area contributed by atoms with Gasteiger partial charge in [0.05, 0.1) is 6.54 Å². The molecule has 1 atom stereocenters.